The van der Waals surface area contributed by atoms with Crippen LogP contribution in [-0.4, -0.2) is 45.4 Å². The quantitative estimate of drug-likeness (QED) is 0.184. The van der Waals surface area contributed by atoms with Crippen molar-refractivity contribution in [1.82, 2.24) is 14.3 Å². The van der Waals surface area contributed by atoms with Crippen molar-refractivity contribution in [1.29, 1.82) is 0 Å². The molecule has 1 saturated carbocycles. The van der Waals surface area contributed by atoms with Gasteiger partial charge in [-0.2, -0.15) is 18.2 Å². The van der Waals surface area contributed by atoms with Crippen molar-refractivity contribution in [2.75, 3.05) is 36.1 Å². The normalized spacial score (nSPS) is 16.5. The first-order valence-corrected chi connectivity index (χ1v) is 14.6. The van der Waals surface area contributed by atoms with Crippen LogP contribution >= 0.6 is 11.9 Å². The number of phenols is 1. The second-order valence-corrected chi connectivity index (χ2v) is 12.0. The Bertz CT molecular complexity index is 1660. The summed E-state index contributed by atoms with van der Waals surface area (Å²) in [5, 5.41) is 19.7. The minimum Gasteiger partial charge on any atom is -0.508 e. The highest BCUT2D eigenvalue weighted by Crippen LogP contribution is 2.50. The van der Waals surface area contributed by atoms with E-state index < -0.39 is 17.2 Å². The lowest BCUT2D eigenvalue weighted by Crippen LogP contribution is -2.28. The fourth-order valence-electron chi connectivity index (χ4n) is 5.11. The molecule has 2 aliphatic rings. The Morgan fingerprint density at radius 3 is 2.63 bits per heavy atom. The van der Waals surface area contributed by atoms with Gasteiger partial charge in [-0.25, -0.2) is 9.29 Å². The molecule has 4 N–H and O–H groups in total. The number of aromatic nitrogens is 2. The molecule has 222 valence electrons. The smallest absolute Gasteiger partial charge is 0.416 e. The van der Waals surface area contributed by atoms with E-state index in [4.69, 9.17) is 4.98 Å². The number of rotatable bonds is 4. The van der Waals surface area contributed by atoms with Crippen molar-refractivity contribution < 1.29 is 23.1 Å². The molecule has 8 nitrogen and oxygen atoms in total. The van der Waals surface area contributed by atoms with E-state index in [9.17, 15) is 23.1 Å². The number of alkyl halides is 3. The van der Waals surface area contributed by atoms with Crippen LogP contribution in [0.2, 0.25) is 0 Å². The highest BCUT2D eigenvalue weighted by molar-refractivity contribution is 7.97. The Kier molecular flexibility index (Phi) is 7.65. The number of hydrogen-bond acceptors (Lipinski definition) is 8. The fraction of sp³-hybridized carbons (Fsp3) is 0.258. The number of phenolic OH excluding ortho intramolecular Hbond substituents is 1. The van der Waals surface area contributed by atoms with Gasteiger partial charge in [0.05, 0.1) is 11.0 Å². The average Bonchev–Trinajstić information content (AvgIpc) is 3.77. The maximum Gasteiger partial charge on any atom is 0.416 e. The molecule has 0 unspecified atom stereocenters. The van der Waals surface area contributed by atoms with Crippen molar-refractivity contribution in [3.05, 3.63) is 84.1 Å². The molecule has 1 aliphatic heterocycles. The van der Waals surface area contributed by atoms with Gasteiger partial charge in [0.2, 0.25) is 11.9 Å². The zero-order valence-corrected chi connectivity index (χ0v) is 24.0. The van der Waals surface area contributed by atoms with Gasteiger partial charge in [0.15, 0.2) is 0 Å². The molecule has 1 aromatic heterocycles. The first-order valence-electron chi connectivity index (χ1n) is 13.8. The van der Waals surface area contributed by atoms with Gasteiger partial charge in [-0.15, -0.1) is 0 Å². The number of halogens is 3. The summed E-state index contributed by atoms with van der Waals surface area (Å²) in [7, 11) is 2.00. The summed E-state index contributed by atoms with van der Waals surface area (Å²) < 4.78 is 41.9. The van der Waals surface area contributed by atoms with Gasteiger partial charge in [-0.3, -0.25) is 4.79 Å². The number of carbonyl (C=O) groups is 1. The number of carbonyl (C=O) groups excluding carboxylic acids is 1. The van der Waals surface area contributed by atoms with E-state index in [0.29, 0.717) is 48.1 Å². The van der Waals surface area contributed by atoms with Crippen LogP contribution in [0.25, 0.3) is 11.1 Å². The molecule has 4 bridgehead atoms. The van der Waals surface area contributed by atoms with E-state index >= 15 is 0 Å². The lowest BCUT2D eigenvalue weighted by atomic mass is 9.93. The number of amides is 1. The van der Waals surface area contributed by atoms with E-state index in [1.54, 1.807) is 48.5 Å². The Balaban J connectivity index is 1.21. The van der Waals surface area contributed by atoms with Crippen molar-refractivity contribution in [2.45, 2.75) is 35.7 Å². The second kappa shape index (κ2) is 11.4. The molecular weight excluding hydrogens is 577 g/mol. The number of aromatic hydroxyl groups is 1. The Morgan fingerprint density at radius 1 is 1.09 bits per heavy atom. The Labute approximate surface area is 250 Å². The van der Waals surface area contributed by atoms with Gasteiger partial charge in [-0.1, -0.05) is 30.3 Å². The van der Waals surface area contributed by atoms with E-state index in [2.05, 4.69) is 25.2 Å². The molecule has 6 rings (SSSR count). The molecular formula is C31H29F3N6O2S. The number of fused-ring (bicyclic) bond motifs is 4. The predicted octanol–water partition coefficient (Wildman–Crippen LogP) is 7.04. The zero-order chi connectivity index (χ0) is 30.2. The summed E-state index contributed by atoms with van der Waals surface area (Å²) in [4.78, 5) is 23.3. The molecule has 0 radical (unpaired) electrons. The molecule has 0 saturated heterocycles. The van der Waals surface area contributed by atoms with E-state index in [0.717, 1.165) is 41.1 Å². The van der Waals surface area contributed by atoms with Gasteiger partial charge >= 0.3 is 6.18 Å². The van der Waals surface area contributed by atoms with Crippen LogP contribution < -0.4 is 16.0 Å². The zero-order valence-electron chi connectivity index (χ0n) is 23.2. The minimum absolute atomic E-state index is 0.139. The third-order valence-corrected chi connectivity index (χ3v) is 8.46. The van der Waals surface area contributed by atoms with Gasteiger partial charge in [0.1, 0.15) is 11.6 Å². The monoisotopic (exact) mass is 606 g/mol. The maximum atomic E-state index is 13.3. The largest absolute Gasteiger partial charge is 0.508 e. The van der Waals surface area contributed by atoms with Crippen molar-refractivity contribution >= 4 is 41.0 Å². The SMILES string of the molecule is CN1CCCNc2nc(ncc2-c2ccc(NC(=O)C3(c4cccc(C(F)(F)F)c4)CC3)cc2)Nc2cc(O)cc(c2)S1. The fourth-order valence-corrected chi connectivity index (χ4v) is 6.04. The minimum atomic E-state index is -4.47. The van der Waals surface area contributed by atoms with Crippen LogP contribution in [0.1, 0.15) is 30.4 Å². The van der Waals surface area contributed by atoms with Crippen molar-refractivity contribution in [3.63, 3.8) is 0 Å². The summed E-state index contributed by atoms with van der Waals surface area (Å²) in [6.45, 7) is 1.47. The first kappa shape index (κ1) is 28.8. The topological polar surface area (TPSA) is 102 Å². The molecule has 1 amide bonds. The van der Waals surface area contributed by atoms with Crippen LogP contribution in [0.5, 0.6) is 5.75 Å². The molecule has 12 heteroatoms. The lowest BCUT2D eigenvalue weighted by Gasteiger charge is -2.18. The second-order valence-electron chi connectivity index (χ2n) is 10.7. The summed E-state index contributed by atoms with van der Waals surface area (Å²) in [5.41, 5.74) is 1.44. The summed E-state index contributed by atoms with van der Waals surface area (Å²) in [6, 6.07) is 17.5. The maximum absolute atomic E-state index is 13.3. The van der Waals surface area contributed by atoms with Crippen LogP contribution in [0.15, 0.2) is 77.8 Å². The number of hydrogen-bond donors (Lipinski definition) is 4. The van der Waals surface area contributed by atoms with E-state index in [-0.39, 0.29) is 11.7 Å². The molecule has 1 fully saturated rings. The predicted molar refractivity (Wildman–Crippen MR) is 161 cm³/mol. The third kappa shape index (κ3) is 6.40. The molecule has 0 spiro atoms. The van der Waals surface area contributed by atoms with Gasteiger partial charge in [-0.05, 0) is 79.7 Å². The lowest BCUT2D eigenvalue weighted by molar-refractivity contribution is -0.137. The highest BCUT2D eigenvalue weighted by Gasteiger charge is 2.51. The average molecular weight is 607 g/mol. The summed E-state index contributed by atoms with van der Waals surface area (Å²) in [5.74, 6) is 0.816. The molecule has 43 heavy (non-hydrogen) atoms. The number of nitrogens with zero attached hydrogens (tertiary/aromatic N) is 3. The molecule has 3 aromatic carbocycles. The van der Waals surface area contributed by atoms with Crippen LogP contribution in [0.3, 0.4) is 0 Å². The summed E-state index contributed by atoms with van der Waals surface area (Å²) >= 11 is 1.54. The molecule has 0 atom stereocenters. The molecule has 1 aliphatic carbocycles. The van der Waals surface area contributed by atoms with Gasteiger partial charge in [0.25, 0.3) is 0 Å². The van der Waals surface area contributed by atoms with E-state index in [1.165, 1.54) is 6.07 Å². The van der Waals surface area contributed by atoms with Crippen LogP contribution in [0, 0.1) is 0 Å². The Morgan fingerprint density at radius 2 is 1.88 bits per heavy atom. The van der Waals surface area contributed by atoms with Crippen LogP contribution in [0.4, 0.5) is 36.3 Å². The Hall–Kier alpha value is -4.29. The van der Waals surface area contributed by atoms with E-state index in [1.807, 2.05) is 25.2 Å². The first-order chi connectivity index (χ1) is 20.6. The van der Waals surface area contributed by atoms with Crippen molar-refractivity contribution in [3.8, 4) is 16.9 Å². The number of anilines is 4. The van der Waals surface area contributed by atoms with Crippen LogP contribution in [-0.2, 0) is 16.4 Å². The summed E-state index contributed by atoms with van der Waals surface area (Å²) in [6.07, 6.45) is -0.933. The number of benzene rings is 3. The number of nitrogens with one attached hydrogen (secondary N) is 3. The molecule has 2 heterocycles. The third-order valence-electron chi connectivity index (χ3n) is 7.52. The van der Waals surface area contributed by atoms with Gasteiger partial charge in [0, 0.05) is 47.2 Å². The highest BCUT2D eigenvalue weighted by atomic mass is 32.2. The van der Waals surface area contributed by atoms with Crippen molar-refractivity contribution in [2.24, 2.45) is 0 Å². The molecule has 4 aromatic rings. The standard InChI is InChI=1S/C31H29F3N6O2S/c1-40-13-3-12-35-27-26(18-36-29(39-27)38-23-15-24(41)17-25(16-23)43-40)19-6-8-22(9-7-19)37-28(42)30(10-11-30)20-4-2-5-21(14-20)31(32,33)34/h2,4-9,14-18,41H,3,10-13H2,1H3,(H,37,42)(H2,35,36,38,39). The van der Waals surface area contributed by atoms with Gasteiger partial charge < -0.3 is 21.1 Å².